The molecule has 0 spiro atoms. The molecule has 0 aliphatic rings. The van der Waals surface area contributed by atoms with Crippen LogP contribution < -0.4 is 4.74 Å². The third-order valence-corrected chi connectivity index (χ3v) is 3.38. The van der Waals surface area contributed by atoms with Gasteiger partial charge >= 0.3 is 0 Å². The first-order valence-electron chi connectivity index (χ1n) is 6.84. The molecule has 20 heavy (non-hydrogen) atoms. The van der Waals surface area contributed by atoms with Gasteiger partial charge < -0.3 is 9.47 Å². The lowest BCUT2D eigenvalue weighted by atomic mass is 10.1. The number of aryl methyl sites for hydroxylation is 1. The van der Waals surface area contributed by atoms with Crippen molar-refractivity contribution < 1.29 is 9.47 Å². The minimum Gasteiger partial charge on any atom is -0.491 e. The van der Waals surface area contributed by atoms with Crippen LogP contribution >= 0.6 is 15.9 Å². The van der Waals surface area contributed by atoms with Crippen LogP contribution in [-0.4, -0.2) is 19.8 Å². The predicted octanol–water partition coefficient (Wildman–Crippen LogP) is 4.48. The van der Waals surface area contributed by atoms with Crippen molar-refractivity contribution in [3.63, 3.8) is 0 Å². The van der Waals surface area contributed by atoms with Gasteiger partial charge in [-0.2, -0.15) is 0 Å². The van der Waals surface area contributed by atoms with E-state index in [0.717, 1.165) is 29.7 Å². The second kappa shape index (κ2) is 8.77. The normalized spacial score (nSPS) is 10.4. The van der Waals surface area contributed by atoms with Crippen LogP contribution in [0.1, 0.15) is 12.0 Å². The molecule has 0 aliphatic carbocycles. The van der Waals surface area contributed by atoms with Gasteiger partial charge in [0, 0.05) is 11.1 Å². The molecule has 0 atom stereocenters. The topological polar surface area (TPSA) is 18.5 Å². The van der Waals surface area contributed by atoms with Crippen LogP contribution in [0.25, 0.3) is 0 Å². The number of halogens is 1. The van der Waals surface area contributed by atoms with Gasteiger partial charge in [-0.25, -0.2) is 0 Å². The van der Waals surface area contributed by atoms with Crippen molar-refractivity contribution in [2.75, 3.05) is 19.8 Å². The van der Waals surface area contributed by atoms with Gasteiger partial charge in [0.1, 0.15) is 12.4 Å². The van der Waals surface area contributed by atoms with Crippen molar-refractivity contribution in [3.05, 3.63) is 64.6 Å². The minimum absolute atomic E-state index is 0.585. The molecule has 2 aromatic rings. The molecular weight excluding hydrogens is 316 g/mol. The summed E-state index contributed by atoms with van der Waals surface area (Å²) in [5.41, 5.74) is 1.36. The predicted molar refractivity (Wildman–Crippen MR) is 85.2 cm³/mol. The highest BCUT2D eigenvalue weighted by Crippen LogP contribution is 2.17. The molecule has 0 aliphatic heterocycles. The molecule has 0 radical (unpaired) electrons. The molecule has 0 amide bonds. The third kappa shape index (κ3) is 5.76. The Labute approximate surface area is 128 Å². The Kier molecular flexibility index (Phi) is 6.61. The molecule has 3 heteroatoms. The van der Waals surface area contributed by atoms with Gasteiger partial charge in [-0.3, -0.25) is 0 Å². The molecule has 0 saturated carbocycles. The summed E-state index contributed by atoms with van der Waals surface area (Å²) >= 11 is 3.42. The molecule has 2 nitrogen and oxygen atoms in total. The standard InChI is InChI=1S/C17H19BrO2/c18-16-9-4-10-17(14-16)20-13-12-19-11-5-8-15-6-2-1-3-7-15/h1-4,6-7,9-10,14H,5,8,11-13H2. The Hall–Kier alpha value is -1.32. The fourth-order valence-electron chi connectivity index (χ4n) is 1.90. The van der Waals surface area contributed by atoms with Crippen LogP contribution in [0.2, 0.25) is 0 Å². The molecule has 0 bridgehead atoms. The molecule has 0 heterocycles. The Morgan fingerprint density at radius 3 is 2.50 bits per heavy atom. The first-order valence-corrected chi connectivity index (χ1v) is 7.64. The molecule has 0 N–H and O–H groups in total. The summed E-state index contributed by atoms with van der Waals surface area (Å²) in [6.45, 7) is 1.99. The molecular formula is C17H19BrO2. The Bertz CT molecular complexity index is 499. The highest BCUT2D eigenvalue weighted by molar-refractivity contribution is 9.10. The smallest absolute Gasteiger partial charge is 0.120 e. The van der Waals surface area contributed by atoms with Crippen molar-refractivity contribution in [2.45, 2.75) is 12.8 Å². The molecule has 0 saturated heterocycles. The average molecular weight is 335 g/mol. The van der Waals surface area contributed by atoms with Gasteiger partial charge in [0.2, 0.25) is 0 Å². The summed E-state index contributed by atoms with van der Waals surface area (Å²) in [4.78, 5) is 0. The van der Waals surface area contributed by atoms with E-state index >= 15 is 0 Å². The highest BCUT2D eigenvalue weighted by atomic mass is 79.9. The fraction of sp³-hybridized carbons (Fsp3) is 0.294. The quantitative estimate of drug-likeness (QED) is 0.663. The summed E-state index contributed by atoms with van der Waals surface area (Å²) in [5.74, 6) is 0.868. The van der Waals surface area contributed by atoms with Gasteiger partial charge in [-0.1, -0.05) is 52.3 Å². The van der Waals surface area contributed by atoms with E-state index in [1.54, 1.807) is 0 Å². The molecule has 0 unspecified atom stereocenters. The van der Waals surface area contributed by atoms with Gasteiger partial charge in [0.15, 0.2) is 0 Å². The summed E-state index contributed by atoms with van der Waals surface area (Å²) < 4.78 is 12.2. The van der Waals surface area contributed by atoms with E-state index in [4.69, 9.17) is 9.47 Å². The van der Waals surface area contributed by atoms with Gasteiger partial charge in [-0.05, 0) is 36.6 Å². The lowest BCUT2D eigenvalue weighted by Crippen LogP contribution is -2.07. The zero-order valence-electron chi connectivity index (χ0n) is 11.4. The molecule has 2 rings (SSSR count). The maximum absolute atomic E-state index is 5.60. The monoisotopic (exact) mass is 334 g/mol. The number of ether oxygens (including phenoxy) is 2. The number of hydrogen-bond donors (Lipinski definition) is 0. The first-order chi connectivity index (χ1) is 9.84. The van der Waals surface area contributed by atoms with Crippen molar-refractivity contribution in [3.8, 4) is 5.75 Å². The fourth-order valence-corrected chi connectivity index (χ4v) is 2.28. The van der Waals surface area contributed by atoms with Crippen LogP contribution in [-0.2, 0) is 11.2 Å². The second-order valence-electron chi connectivity index (χ2n) is 4.51. The van der Waals surface area contributed by atoms with Gasteiger partial charge in [-0.15, -0.1) is 0 Å². The first kappa shape index (κ1) is 15.1. The van der Waals surface area contributed by atoms with Crippen molar-refractivity contribution in [1.82, 2.24) is 0 Å². The average Bonchev–Trinajstić information content (AvgIpc) is 2.47. The van der Waals surface area contributed by atoms with E-state index in [0.29, 0.717) is 13.2 Å². The van der Waals surface area contributed by atoms with Crippen LogP contribution in [0.15, 0.2) is 59.1 Å². The summed E-state index contributed by atoms with van der Waals surface area (Å²) in [7, 11) is 0. The molecule has 0 aromatic heterocycles. The number of benzene rings is 2. The Morgan fingerprint density at radius 2 is 1.70 bits per heavy atom. The molecule has 2 aromatic carbocycles. The van der Waals surface area contributed by atoms with E-state index in [9.17, 15) is 0 Å². The Morgan fingerprint density at radius 1 is 0.850 bits per heavy atom. The minimum atomic E-state index is 0.585. The SMILES string of the molecule is Brc1cccc(OCCOCCCc2ccccc2)c1. The molecule has 0 fully saturated rings. The van der Waals surface area contributed by atoms with Crippen molar-refractivity contribution >= 4 is 15.9 Å². The lowest BCUT2D eigenvalue weighted by molar-refractivity contribution is 0.0985. The third-order valence-electron chi connectivity index (χ3n) is 2.89. The summed E-state index contributed by atoms with van der Waals surface area (Å²) in [5, 5.41) is 0. The van der Waals surface area contributed by atoms with Gasteiger partial charge in [0.05, 0.1) is 6.61 Å². The summed E-state index contributed by atoms with van der Waals surface area (Å²) in [6.07, 6.45) is 2.11. The maximum Gasteiger partial charge on any atom is 0.120 e. The van der Waals surface area contributed by atoms with Crippen LogP contribution in [0.5, 0.6) is 5.75 Å². The van der Waals surface area contributed by atoms with Crippen LogP contribution in [0.3, 0.4) is 0 Å². The number of hydrogen-bond acceptors (Lipinski definition) is 2. The van der Waals surface area contributed by atoms with Crippen LogP contribution in [0.4, 0.5) is 0 Å². The van der Waals surface area contributed by atoms with E-state index in [1.807, 2.05) is 30.3 Å². The largest absolute Gasteiger partial charge is 0.491 e. The van der Waals surface area contributed by atoms with Crippen molar-refractivity contribution in [2.24, 2.45) is 0 Å². The second-order valence-corrected chi connectivity index (χ2v) is 5.42. The highest BCUT2D eigenvalue weighted by Gasteiger charge is 1.96. The number of rotatable bonds is 8. The van der Waals surface area contributed by atoms with E-state index in [2.05, 4.69) is 40.2 Å². The van der Waals surface area contributed by atoms with E-state index in [1.165, 1.54) is 5.56 Å². The van der Waals surface area contributed by atoms with Crippen LogP contribution in [0, 0.1) is 0 Å². The Balaban J connectivity index is 1.52. The summed E-state index contributed by atoms with van der Waals surface area (Å²) in [6, 6.07) is 18.3. The van der Waals surface area contributed by atoms with Gasteiger partial charge in [0.25, 0.3) is 0 Å². The zero-order valence-corrected chi connectivity index (χ0v) is 13.0. The maximum atomic E-state index is 5.60. The van der Waals surface area contributed by atoms with E-state index < -0.39 is 0 Å². The van der Waals surface area contributed by atoms with E-state index in [-0.39, 0.29) is 0 Å². The lowest BCUT2D eigenvalue weighted by Gasteiger charge is -2.07. The van der Waals surface area contributed by atoms with Crippen molar-refractivity contribution in [1.29, 1.82) is 0 Å². The molecule has 106 valence electrons. The zero-order chi connectivity index (χ0) is 14.0.